The van der Waals surface area contributed by atoms with Gasteiger partial charge in [-0.2, -0.15) is 11.8 Å². The number of halogens is 1. The summed E-state index contributed by atoms with van der Waals surface area (Å²) in [4.78, 5) is 4.72. The highest BCUT2D eigenvalue weighted by Crippen LogP contribution is 2.36. The van der Waals surface area contributed by atoms with Gasteiger partial charge in [-0.05, 0) is 56.6 Å². The predicted molar refractivity (Wildman–Crippen MR) is 116 cm³/mol. The van der Waals surface area contributed by atoms with Crippen molar-refractivity contribution in [2.45, 2.75) is 44.9 Å². The number of nitrogens with one attached hydrogen (secondary N) is 2. The van der Waals surface area contributed by atoms with Crippen LogP contribution in [0.3, 0.4) is 0 Å². The summed E-state index contributed by atoms with van der Waals surface area (Å²) in [6, 6.07) is 6.23. The van der Waals surface area contributed by atoms with Gasteiger partial charge in [0.2, 0.25) is 0 Å². The molecule has 0 spiro atoms. The molecule has 1 fully saturated rings. The molecule has 1 atom stereocenters. The van der Waals surface area contributed by atoms with E-state index in [1.54, 1.807) is 7.11 Å². The van der Waals surface area contributed by atoms with Gasteiger partial charge in [0.1, 0.15) is 5.75 Å². The Kier molecular flexibility index (Phi) is 9.26. The molecule has 1 heterocycles. The Morgan fingerprint density at radius 1 is 1.38 bits per heavy atom. The number of nitrogens with zero attached hydrogens (tertiary/aromatic N) is 1. The molecule has 1 unspecified atom stereocenters. The number of aliphatic imine (C=N–C) groups is 1. The standard InChI is InChI=1S/C18H29N3OS.HI/c1-5-19-17(21-13-18(3)9-6-10-23-18)20-12-15-7-8-16(22-4)14(2)11-15;/h7-8,11H,5-6,9-10,12-13H2,1-4H3,(H2,19,20,21);1H. The second-order valence-electron chi connectivity index (χ2n) is 6.25. The first-order chi connectivity index (χ1) is 11.1. The second-order valence-corrected chi connectivity index (χ2v) is 7.94. The summed E-state index contributed by atoms with van der Waals surface area (Å²) >= 11 is 2.07. The summed E-state index contributed by atoms with van der Waals surface area (Å²) in [7, 11) is 1.70. The van der Waals surface area contributed by atoms with Gasteiger partial charge in [-0.1, -0.05) is 12.1 Å². The smallest absolute Gasteiger partial charge is 0.191 e. The highest BCUT2D eigenvalue weighted by molar-refractivity contribution is 14.0. The van der Waals surface area contributed by atoms with E-state index in [2.05, 4.69) is 55.3 Å². The molecule has 1 saturated heterocycles. The third-order valence-electron chi connectivity index (χ3n) is 4.15. The minimum atomic E-state index is 0. The first kappa shape index (κ1) is 21.4. The van der Waals surface area contributed by atoms with E-state index >= 15 is 0 Å². The normalized spacial score (nSPS) is 20.4. The number of rotatable bonds is 6. The highest BCUT2D eigenvalue weighted by atomic mass is 127. The Bertz CT molecular complexity index is 545. The zero-order valence-corrected chi connectivity index (χ0v) is 18.3. The van der Waals surface area contributed by atoms with E-state index in [0.29, 0.717) is 11.3 Å². The molecule has 2 N–H and O–H groups in total. The Labute approximate surface area is 167 Å². The van der Waals surface area contributed by atoms with Crippen molar-refractivity contribution in [2.75, 3.05) is 26.0 Å². The SMILES string of the molecule is CCNC(=NCc1ccc(OC)c(C)c1)NCC1(C)CCCS1.I. The first-order valence-corrected chi connectivity index (χ1v) is 9.34. The zero-order chi connectivity index (χ0) is 16.7. The number of benzene rings is 1. The monoisotopic (exact) mass is 463 g/mol. The summed E-state index contributed by atoms with van der Waals surface area (Å²) in [5, 5.41) is 6.84. The summed E-state index contributed by atoms with van der Waals surface area (Å²) < 4.78 is 5.65. The van der Waals surface area contributed by atoms with Crippen LogP contribution in [0.2, 0.25) is 0 Å². The van der Waals surface area contributed by atoms with Crippen LogP contribution in [0.25, 0.3) is 0 Å². The fraction of sp³-hybridized carbons (Fsp3) is 0.611. The van der Waals surface area contributed by atoms with Crippen LogP contribution in [0.15, 0.2) is 23.2 Å². The Balaban J connectivity index is 0.00000288. The molecular formula is C18H30IN3OS. The summed E-state index contributed by atoms with van der Waals surface area (Å²) in [6.45, 7) is 9.01. The molecule has 0 aromatic heterocycles. The summed E-state index contributed by atoms with van der Waals surface area (Å²) in [5.74, 6) is 3.10. The van der Waals surface area contributed by atoms with Gasteiger partial charge in [-0.15, -0.1) is 24.0 Å². The molecule has 1 aromatic rings. The number of guanidine groups is 1. The number of hydrogen-bond acceptors (Lipinski definition) is 3. The average Bonchev–Trinajstić information content (AvgIpc) is 2.97. The number of aryl methyl sites for hydroxylation is 1. The predicted octanol–water partition coefficient (Wildman–Crippen LogP) is 3.96. The molecule has 0 saturated carbocycles. The van der Waals surface area contributed by atoms with Crippen molar-refractivity contribution >= 4 is 41.7 Å². The van der Waals surface area contributed by atoms with Crippen LogP contribution < -0.4 is 15.4 Å². The van der Waals surface area contributed by atoms with E-state index in [-0.39, 0.29) is 24.0 Å². The average molecular weight is 463 g/mol. The van der Waals surface area contributed by atoms with Crippen molar-refractivity contribution in [3.8, 4) is 5.75 Å². The van der Waals surface area contributed by atoms with E-state index in [4.69, 9.17) is 9.73 Å². The zero-order valence-electron chi connectivity index (χ0n) is 15.1. The van der Waals surface area contributed by atoms with Gasteiger partial charge >= 0.3 is 0 Å². The van der Waals surface area contributed by atoms with Crippen molar-refractivity contribution in [3.05, 3.63) is 29.3 Å². The number of ether oxygens (including phenoxy) is 1. The number of hydrogen-bond donors (Lipinski definition) is 2. The third-order valence-corrected chi connectivity index (χ3v) is 5.69. The van der Waals surface area contributed by atoms with Gasteiger partial charge in [0.15, 0.2) is 5.96 Å². The van der Waals surface area contributed by atoms with Crippen molar-refractivity contribution < 1.29 is 4.74 Å². The van der Waals surface area contributed by atoms with E-state index in [9.17, 15) is 0 Å². The number of methoxy groups -OCH3 is 1. The second kappa shape index (κ2) is 10.4. The van der Waals surface area contributed by atoms with Gasteiger partial charge in [-0.3, -0.25) is 0 Å². The summed E-state index contributed by atoms with van der Waals surface area (Å²) in [5.41, 5.74) is 2.34. The molecule has 0 aliphatic carbocycles. The van der Waals surface area contributed by atoms with Crippen LogP contribution in [0.5, 0.6) is 5.75 Å². The van der Waals surface area contributed by atoms with Crippen LogP contribution in [0.4, 0.5) is 0 Å². The Morgan fingerprint density at radius 3 is 2.75 bits per heavy atom. The Morgan fingerprint density at radius 2 is 2.17 bits per heavy atom. The molecule has 6 heteroatoms. The molecule has 0 amide bonds. The molecule has 2 rings (SSSR count). The van der Waals surface area contributed by atoms with Gasteiger partial charge in [0.25, 0.3) is 0 Å². The first-order valence-electron chi connectivity index (χ1n) is 8.36. The molecule has 1 aliphatic heterocycles. The minimum absolute atomic E-state index is 0. The van der Waals surface area contributed by atoms with Crippen molar-refractivity contribution in [2.24, 2.45) is 4.99 Å². The molecule has 1 aliphatic rings. The van der Waals surface area contributed by atoms with Crippen LogP contribution in [-0.4, -0.2) is 36.7 Å². The van der Waals surface area contributed by atoms with Gasteiger partial charge < -0.3 is 15.4 Å². The largest absolute Gasteiger partial charge is 0.496 e. The molecule has 136 valence electrons. The maximum atomic E-state index is 5.31. The lowest BCUT2D eigenvalue weighted by Crippen LogP contribution is -2.43. The van der Waals surface area contributed by atoms with Crippen LogP contribution in [-0.2, 0) is 6.54 Å². The van der Waals surface area contributed by atoms with Crippen molar-refractivity contribution in [1.29, 1.82) is 0 Å². The summed E-state index contributed by atoms with van der Waals surface area (Å²) in [6.07, 6.45) is 2.60. The maximum Gasteiger partial charge on any atom is 0.191 e. The van der Waals surface area contributed by atoms with Crippen LogP contribution in [0, 0.1) is 6.92 Å². The topological polar surface area (TPSA) is 45.7 Å². The lowest BCUT2D eigenvalue weighted by molar-refractivity contribution is 0.411. The molecule has 24 heavy (non-hydrogen) atoms. The molecule has 4 nitrogen and oxygen atoms in total. The lowest BCUT2D eigenvalue weighted by atomic mass is 10.1. The quantitative estimate of drug-likeness (QED) is 0.381. The number of thioether (sulfide) groups is 1. The minimum Gasteiger partial charge on any atom is -0.496 e. The maximum absolute atomic E-state index is 5.31. The third kappa shape index (κ3) is 6.35. The van der Waals surface area contributed by atoms with Gasteiger partial charge in [-0.25, -0.2) is 4.99 Å². The molecule has 1 aromatic carbocycles. The van der Waals surface area contributed by atoms with E-state index in [0.717, 1.165) is 30.4 Å². The van der Waals surface area contributed by atoms with Crippen LogP contribution in [0.1, 0.15) is 37.8 Å². The van der Waals surface area contributed by atoms with Crippen LogP contribution >= 0.6 is 35.7 Å². The van der Waals surface area contributed by atoms with Gasteiger partial charge in [0, 0.05) is 17.8 Å². The fourth-order valence-electron chi connectivity index (χ4n) is 2.80. The van der Waals surface area contributed by atoms with E-state index in [1.165, 1.54) is 24.2 Å². The van der Waals surface area contributed by atoms with Crippen molar-refractivity contribution in [1.82, 2.24) is 10.6 Å². The molecular weight excluding hydrogens is 433 g/mol. The highest BCUT2D eigenvalue weighted by Gasteiger charge is 2.29. The lowest BCUT2D eigenvalue weighted by Gasteiger charge is -2.24. The molecule has 0 radical (unpaired) electrons. The Hall–Kier alpha value is -0.630. The van der Waals surface area contributed by atoms with Crippen molar-refractivity contribution in [3.63, 3.8) is 0 Å². The van der Waals surface area contributed by atoms with E-state index < -0.39 is 0 Å². The van der Waals surface area contributed by atoms with Gasteiger partial charge in [0.05, 0.1) is 13.7 Å². The van der Waals surface area contributed by atoms with E-state index in [1.807, 2.05) is 6.07 Å². The fourth-order valence-corrected chi connectivity index (χ4v) is 4.04. The molecule has 0 bridgehead atoms.